The van der Waals surface area contributed by atoms with Crippen molar-refractivity contribution in [3.05, 3.63) is 59.7 Å². The lowest BCUT2D eigenvalue weighted by molar-refractivity contribution is 0.0747. The van der Waals surface area contributed by atoms with Crippen LogP contribution < -0.4 is 0 Å². The van der Waals surface area contributed by atoms with Gasteiger partial charge in [-0.1, -0.05) is 30.3 Å². The second-order valence-electron chi connectivity index (χ2n) is 7.40. The number of nitrogens with zero attached hydrogens (tertiary/aromatic N) is 3. The Morgan fingerprint density at radius 3 is 2.79 bits per heavy atom. The third kappa shape index (κ3) is 2.74. The number of hydrogen-bond acceptors (Lipinski definition) is 4. The van der Waals surface area contributed by atoms with Crippen LogP contribution in [0.2, 0.25) is 0 Å². The van der Waals surface area contributed by atoms with Crippen LogP contribution in [0, 0.1) is 12.3 Å². The summed E-state index contributed by atoms with van der Waals surface area (Å²) in [4.78, 5) is 11.4. The molecule has 2 aliphatic rings. The summed E-state index contributed by atoms with van der Waals surface area (Å²) in [6.07, 6.45) is 6.32. The summed E-state index contributed by atoms with van der Waals surface area (Å²) in [5.74, 6) is 0.830. The van der Waals surface area contributed by atoms with Gasteiger partial charge in [0.05, 0.1) is 12.3 Å². The molecule has 1 N–H and O–H groups in total. The Morgan fingerprint density at radius 1 is 1.21 bits per heavy atom. The van der Waals surface area contributed by atoms with Crippen LogP contribution in [0.3, 0.4) is 0 Å². The smallest absolute Gasteiger partial charge is 0.125 e. The van der Waals surface area contributed by atoms with E-state index < -0.39 is 0 Å². The largest absolute Gasteiger partial charge is 0.396 e. The first-order valence-electron chi connectivity index (χ1n) is 8.89. The molecule has 2 saturated heterocycles. The monoisotopic (exact) mass is 323 g/mol. The Kier molecular flexibility index (Phi) is 4.10. The maximum Gasteiger partial charge on any atom is 0.125 e. The lowest BCUT2D eigenvalue weighted by Crippen LogP contribution is -2.41. The fraction of sp³-hybridized carbons (Fsp3) is 0.500. The predicted octanol–water partition coefficient (Wildman–Crippen LogP) is 2.74. The van der Waals surface area contributed by atoms with Gasteiger partial charge in [-0.15, -0.1) is 0 Å². The van der Waals surface area contributed by atoms with Gasteiger partial charge in [-0.25, -0.2) is 9.97 Å². The average molecular weight is 323 g/mol. The van der Waals surface area contributed by atoms with Crippen LogP contribution in [0.4, 0.5) is 0 Å². The molecule has 4 nitrogen and oxygen atoms in total. The fourth-order valence-electron chi connectivity index (χ4n) is 4.86. The molecule has 126 valence electrons. The van der Waals surface area contributed by atoms with Crippen LogP contribution in [0.25, 0.3) is 0 Å². The van der Waals surface area contributed by atoms with E-state index in [0.717, 1.165) is 30.9 Å². The van der Waals surface area contributed by atoms with Gasteiger partial charge in [0, 0.05) is 30.2 Å². The first-order chi connectivity index (χ1) is 11.7. The van der Waals surface area contributed by atoms with E-state index in [2.05, 4.69) is 45.2 Å². The number of fused-ring (bicyclic) bond motifs is 2. The summed E-state index contributed by atoms with van der Waals surface area (Å²) >= 11 is 0. The Hall–Kier alpha value is -1.78. The molecular formula is C20H25N3O. The number of rotatable bonds is 5. The van der Waals surface area contributed by atoms with E-state index in [4.69, 9.17) is 0 Å². The molecule has 2 bridgehead atoms. The SMILES string of the molecule is Cc1nccc(CN2[C@H]3CC[C@@H]2[C@@](CO)(Cc2ccccc2)C3)n1. The molecule has 4 rings (SSSR count). The van der Waals surface area contributed by atoms with E-state index in [1.54, 1.807) is 0 Å². The zero-order valence-corrected chi connectivity index (χ0v) is 14.2. The van der Waals surface area contributed by atoms with Gasteiger partial charge >= 0.3 is 0 Å². The molecule has 0 spiro atoms. The van der Waals surface area contributed by atoms with Gasteiger partial charge in [0.2, 0.25) is 0 Å². The average Bonchev–Trinajstić information content (AvgIpc) is 3.11. The molecule has 24 heavy (non-hydrogen) atoms. The van der Waals surface area contributed by atoms with Gasteiger partial charge in [-0.05, 0) is 44.2 Å². The van der Waals surface area contributed by atoms with Crippen molar-refractivity contribution in [3.63, 3.8) is 0 Å². The molecule has 0 unspecified atom stereocenters. The van der Waals surface area contributed by atoms with E-state index in [-0.39, 0.29) is 12.0 Å². The molecular weight excluding hydrogens is 298 g/mol. The minimum absolute atomic E-state index is 0.00759. The number of aliphatic hydroxyl groups excluding tert-OH is 1. The Labute approximate surface area is 143 Å². The van der Waals surface area contributed by atoms with Crippen molar-refractivity contribution in [1.82, 2.24) is 14.9 Å². The summed E-state index contributed by atoms with van der Waals surface area (Å²) in [5, 5.41) is 10.3. The molecule has 2 aliphatic heterocycles. The van der Waals surface area contributed by atoms with Crippen molar-refractivity contribution >= 4 is 0 Å². The van der Waals surface area contributed by atoms with Gasteiger partial charge in [0.25, 0.3) is 0 Å². The van der Waals surface area contributed by atoms with E-state index in [0.29, 0.717) is 12.1 Å². The maximum absolute atomic E-state index is 10.3. The van der Waals surface area contributed by atoms with Gasteiger partial charge in [-0.3, -0.25) is 4.90 Å². The van der Waals surface area contributed by atoms with Gasteiger partial charge in [-0.2, -0.15) is 0 Å². The fourth-order valence-corrected chi connectivity index (χ4v) is 4.86. The molecule has 4 heteroatoms. The molecule has 2 aromatic rings. The number of aliphatic hydroxyl groups is 1. The zero-order chi connectivity index (χ0) is 16.6. The molecule has 3 atom stereocenters. The Balaban J connectivity index is 1.56. The lowest BCUT2D eigenvalue weighted by Gasteiger charge is -2.36. The molecule has 0 aliphatic carbocycles. The van der Waals surface area contributed by atoms with E-state index in [1.807, 2.05) is 19.2 Å². The second kappa shape index (κ2) is 6.26. The minimum Gasteiger partial charge on any atom is -0.396 e. The maximum atomic E-state index is 10.3. The molecule has 0 radical (unpaired) electrons. The highest BCUT2D eigenvalue weighted by molar-refractivity contribution is 5.21. The Morgan fingerprint density at radius 2 is 2.04 bits per heavy atom. The second-order valence-corrected chi connectivity index (χ2v) is 7.40. The van der Waals surface area contributed by atoms with Crippen molar-refractivity contribution < 1.29 is 5.11 Å². The molecule has 2 fully saturated rings. The first-order valence-corrected chi connectivity index (χ1v) is 8.89. The summed E-state index contributed by atoms with van der Waals surface area (Å²) in [6.45, 7) is 3.08. The highest BCUT2D eigenvalue weighted by Gasteiger charge is 2.55. The molecule has 1 aromatic heterocycles. The van der Waals surface area contributed by atoms with Crippen molar-refractivity contribution in [2.24, 2.45) is 5.41 Å². The van der Waals surface area contributed by atoms with Crippen molar-refractivity contribution in [2.75, 3.05) is 6.61 Å². The highest BCUT2D eigenvalue weighted by Crippen LogP contribution is 2.51. The predicted molar refractivity (Wildman–Crippen MR) is 93.4 cm³/mol. The number of aromatic nitrogens is 2. The van der Waals surface area contributed by atoms with Crippen LogP contribution in [0.5, 0.6) is 0 Å². The summed E-state index contributed by atoms with van der Waals surface area (Å²) in [5.41, 5.74) is 2.41. The van der Waals surface area contributed by atoms with E-state index in [9.17, 15) is 5.11 Å². The quantitative estimate of drug-likeness (QED) is 0.919. The third-order valence-corrected chi connectivity index (χ3v) is 5.88. The normalized spacial score (nSPS) is 29.2. The standard InChI is InChI=1S/C20H25N3O/c1-15-21-10-9-17(22-15)13-23-18-7-8-19(23)20(12-18,14-24)11-16-5-3-2-4-6-16/h2-6,9-10,18-19,24H,7-8,11-14H2,1H3/t18-,19+,20-/m0/s1. The van der Waals surface area contributed by atoms with Gasteiger partial charge < -0.3 is 5.11 Å². The van der Waals surface area contributed by atoms with Crippen molar-refractivity contribution in [1.29, 1.82) is 0 Å². The first kappa shape index (κ1) is 15.7. The van der Waals surface area contributed by atoms with E-state index >= 15 is 0 Å². The highest BCUT2D eigenvalue weighted by atomic mass is 16.3. The number of benzene rings is 1. The molecule has 1 aromatic carbocycles. The van der Waals surface area contributed by atoms with E-state index in [1.165, 1.54) is 18.4 Å². The van der Waals surface area contributed by atoms with Crippen LogP contribution >= 0.6 is 0 Å². The Bertz CT molecular complexity index is 705. The molecule has 3 heterocycles. The van der Waals surface area contributed by atoms with Crippen LogP contribution in [0.1, 0.15) is 36.3 Å². The van der Waals surface area contributed by atoms with Crippen molar-refractivity contribution in [3.8, 4) is 0 Å². The zero-order valence-electron chi connectivity index (χ0n) is 14.2. The summed E-state index contributed by atoms with van der Waals surface area (Å²) in [6, 6.07) is 13.6. The van der Waals surface area contributed by atoms with Gasteiger partial charge in [0.1, 0.15) is 5.82 Å². The molecule has 0 saturated carbocycles. The minimum atomic E-state index is -0.00759. The summed E-state index contributed by atoms with van der Waals surface area (Å²) in [7, 11) is 0. The third-order valence-electron chi connectivity index (χ3n) is 5.88. The summed E-state index contributed by atoms with van der Waals surface area (Å²) < 4.78 is 0. The lowest BCUT2D eigenvalue weighted by atomic mass is 9.70. The van der Waals surface area contributed by atoms with Crippen molar-refractivity contribution in [2.45, 2.75) is 51.2 Å². The number of aryl methyl sites for hydroxylation is 1. The van der Waals surface area contributed by atoms with Gasteiger partial charge in [0.15, 0.2) is 0 Å². The van der Waals surface area contributed by atoms with Crippen LogP contribution in [-0.2, 0) is 13.0 Å². The van der Waals surface area contributed by atoms with Crippen LogP contribution in [-0.4, -0.2) is 38.7 Å². The molecule has 0 amide bonds. The van der Waals surface area contributed by atoms with Crippen LogP contribution in [0.15, 0.2) is 42.6 Å². The number of hydrogen-bond donors (Lipinski definition) is 1. The topological polar surface area (TPSA) is 49.2 Å².